The van der Waals surface area contributed by atoms with E-state index in [1.807, 2.05) is 26.0 Å². The Bertz CT molecular complexity index is 1350. The molecule has 0 spiro atoms. The Morgan fingerprint density at radius 3 is 2.27 bits per heavy atom. The van der Waals surface area contributed by atoms with Crippen molar-refractivity contribution in [2.75, 3.05) is 26.3 Å². The number of carbonyl (C=O) groups excluding carboxylic acids is 4. The second kappa shape index (κ2) is 11.2. The van der Waals surface area contributed by atoms with Gasteiger partial charge in [0.05, 0.1) is 12.6 Å². The van der Waals surface area contributed by atoms with Crippen molar-refractivity contribution in [2.45, 2.75) is 71.0 Å². The van der Waals surface area contributed by atoms with Crippen molar-refractivity contribution in [1.29, 1.82) is 0 Å². The zero-order chi connectivity index (χ0) is 29.5. The smallest absolute Gasteiger partial charge is 0.254 e. The Kier molecular flexibility index (Phi) is 7.81. The number of nitrogens with zero attached hydrogens (tertiary/aromatic N) is 2. The van der Waals surface area contributed by atoms with E-state index in [4.69, 9.17) is 9.47 Å². The lowest BCUT2D eigenvalue weighted by Gasteiger charge is -2.29. The lowest BCUT2D eigenvalue weighted by atomic mass is 9.86. The molecule has 9 heteroatoms. The number of nitrogens with one attached hydrogen (secondary N) is 1. The summed E-state index contributed by atoms with van der Waals surface area (Å²) in [5, 5.41) is 2.94. The van der Waals surface area contributed by atoms with Gasteiger partial charge in [-0.1, -0.05) is 46.8 Å². The van der Waals surface area contributed by atoms with E-state index in [1.165, 1.54) is 0 Å². The van der Waals surface area contributed by atoms with Gasteiger partial charge in [0, 0.05) is 17.7 Å². The molecule has 2 fully saturated rings. The molecule has 9 nitrogen and oxygen atoms in total. The van der Waals surface area contributed by atoms with Crippen LogP contribution in [0, 0.1) is 5.92 Å². The van der Waals surface area contributed by atoms with Crippen LogP contribution in [0.4, 0.5) is 0 Å². The number of Topliss-reactive ketones (excluding diaryl/α,β-unsaturated/α-hetero) is 1. The number of likely N-dealkylation sites (tertiary alicyclic amines) is 2. The third-order valence-corrected chi connectivity index (χ3v) is 8.08. The Hall–Kier alpha value is -3.88. The number of rotatable bonds is 6. The largest absolute Gasteiger partial charge is 0.486 e. The molecule has 0 bridgehead atoms. The van der Waals surface area contributed by atoms with Crippen LogP contribution in [0.25, 0.3) is 0 Å². The van der Waals surface area contributed by atoms with Crippen LogP contribution in [-0.2, 0) is 15.0 Å². The first-order valence-corrected chi connectivity index (χ1v) is 14.4. The number of fused-ring (bicyclic) bond motifs is 2. The minimum Gasteiger partial charge on any atom is -0.486 e. The normalized spacial score (nSPS) is 20.7. The fourth-order valence-electron chi connectivity index (χ4n) is 5.94. The van der Waals surface area contributed by atoms with Crippen LogP contribution in [0.15, 0.2) is 42.5 Å². The maximum atomic E-state index is 13.9. The fourth-order valence-corrected chi connectivity index (χ4v) is 5.94. The SMILES string of the molecule is CC(C)C[C@H](NC(=O)c1ccc(C(C)(C)C)cc1)C(=O)N1CC[C@@H]2[C@H]1C(=O)CN2C(=O)c1ccc2c(c1)OCCO2. The molecule has 41 heavy (non-hydrogen) atoms. The van der Waals surface area contributed by atoms with E-state index in [9.17, 15) is 19.2 Å². The molecule has 218 valence electrons. The average molecular weight is 562 g/mol. The highest BCUT2D eigenvalue weighted by Gasteiger charge is 2.52. The Morgan fingerprint density at radius 1 is 0.951 bits per heavy atom. The molecule has 5 rings (SSSR count). The molecule has 0 aromatic heterocycles. The molecule has 1 N–H and O–H groups in total. The number of amides is 3. The third kappa shape index (κ3) is 5.80. The van der Waals surface area contributed by atoms with E-state index < -0.39 is 18.1 Å². The molecule has 3 atom stereocenters. The molecule has 0 radical (unpaired) electrons. The number of hydrogen-bond donors (Lipinski definition) is 1. The van der Waals surface area contributed by atoms with Crippen molar-refractivity contribution in [3.63, 3.8) is 0 Å². The van der Waals surface area contributed by atoms with Crippen molar-refractivity contribution in [3.8, 4) is 11.5 Å². The van der Waals surface area contributed by atoms with Gasteiger partial charge in [-0.2, -0.15) is 0 Å². The molecule has 3 aliphatic rings. The van der Waals surface area contributed by atoms with Gasteiger partial charge >= 0.3 is 0 Å². The van der Waals surface area contributed by atoms with Gasteiger partial charge < -0.3 is 24.6 Å². The summed E-state index contributed by atoms with van der Waals surface area (Å²) >= 11 is 0. The molecular weight excluding hydrogens is 522 g/mol. The van der Waals surface area contributed by atoms with Gasteiger partial charge in [0.15, 0.2) is 17.3 Å². The minimum atomic E-state index is -0.779. The molecule has 2 aromatic carbocycles. The standard InChI is InChI=1S/C32H39N3O6/c1-19(2)16-23(33-29(37)20-6-9-22(10-7-20)32(3,4)5)31(39)34-13-12-24-28(34)25(36)18-35(24)30(38)21-8-11-26-27(17-21)41-15-14-40-26/h6-11,17,19,23-24,28H,12-16,18H2,1-5H3,(H,33,37)/t23-,24+,28-/m0/s1. The summed E-state index contributed by atoms with van der Waals surface area (Å²) in [7, 11) is 0. The summed E-state index contributed by atoms with van der Waals surface area (Å²) in [6, 6.07) is 10.5. The summed E-state index contributed by atoms with van der Waals surface area (Å²) in [6.45, 7) is 11.5. The molecule has 2 saturated heterocycles. The van der Waals surface area contributed by atoms with E-state index in [1.54, 1.807) is 40.1 Å². The first-order valence-electron chi connectivity index (χ1n) is 14.4. The average Bonchev–Trinajstić information content (AvgIpc) is 3.52. The van der Waals surface area contributed by atoms with Crippen LogP contribution in [-0.4, -0.2) is 77.7 Å². The Labute approximate surface area is 241 Å². The van der Waals surface area contributed by atoms with Crippen LogP contribution in [0.2, 0.25) is 0 Å². The predicted molar refractivity (Wildman–Crippen MR) is 153 cm³/mol. The van der Waals surface area contributed by atoms with Crippen LogP contribution in [0.1, 0.15) is 73.7 Å². The number of ketones is 1. The monoisotopic (exact) mass is 561 g/mol. The van der Waals surface area contributed by atoms with E-state index in [-0.39, 0.29) is 41.4 Å². The second-order valence-electron chi connectivity index (χ2n) is 12.6. The number of hydrogen-bond acceptors (Lipinski definition) is 6. The number of carbonyl (C=O) groups is 4. The van der Waals surface area contributed by atoms with Gasteiger partial charge in [0.25, 0.3) is 11.8 Å². The Morgan fingerprint density at radius 2 is 1.61 bits per heavy atom. The highest BCUT2D eigenvalue weighted by atomic mass is 16.6. The second-order valence-corrected chi connectivity index (χ2v) is 12.6. The molecule has 3 heterocycles. The molecule has 3 aliphatic heterocycles. The van der Waals surface area contributed by atoms with Crippen LogP contribution < -0.4 is 14.8 Å². The molecule has 2 aromatic rings. The third-order valence-electron chi connectivity index (χ3n) is 8.08. The van der Waals surface area contributed by atoms with Crippen molar-refractivity contribution >= 4 is 23.5 Å². The summed E-state index contributed by atoms with van der Waals surface area (Å²) in [5.74, 6) is 0.179. The first kappa shape index (κ1) is 28.6. The summed E-state index contributed by atoms with van der Waals surface area (Å²) in [5.41, 5.74) is 1.96. The van der Waals surface area contributed by atoms with Gasteiger partial charge in [0.2, 0.25) is 5.91 Å². The number of benzene rings is 2. The van der Waals surface area contributed by atoms with Crippen molar-refractivity contribution in [1.82, 2.24) is 15.1 Å². The molecule has 0 aliphatic carbocycles. The van der Waals surface area contributed by atoms with Gasteiger partial charge in [-0.15, -0.1) is 0 Å². The Balaban J connectivity index is 1.30. The highest BCUT2D eigenvalue weighted by molar-refractivity contribution is 6.03. The summed E-state index contributed by atoms with van der Waals surface area (Å²) < 4.78 is 11.2. The van der Waals surface area contributed by atoms with E-state index in [0.29, 0.717) is 55.2 Å². The van der Waals surface area contributed by atoms with Crippen LogP contribution >= 0.6 is 0 Å². The predicted octanol–water partition coefficient (Wildman–Crippen LogP) is 3.59. The van der Waals surface area contributed by atoms with E-state index in [2.05, 4.69) is 26.1 Å². The number of ether oxygens (including phenoxy) is 2. The quantitative estimate of drug-likeness (QED) is 0.578. The van der Waals surface area contributed by atoms with Gasteiger partial charge in [-0.3, -0.25) is 19.2 Å². The lowest BCUT2D eigenvalue weighted by molar-refractivity contribution is -0.138. The van der Waals surface area contributed by atoms with Crippen molar-refractivity contribution < 1.29 is 28.7 Å². The van der Waals surface area contributed by atoms with Crippen molar-refractivity contribution in [2.24, 2.45) is 5.92 Å². The van der Waals surface area contributed by atoms with Gasteiger partial charge in [-0.25, -0.2) is 0 Å². The maximum Gasteiger partial charge on any atom is 0.254 e. The topological polar surface area (TPSA) is 105 Å². The minimum absolute atomic E-state index is 0.0391. The zero-order valence-corrected chi connectivity index (χ0v) is 24.4. The van der Waals surface area contributed by atoms with Crippen LogP contribution in [0.3, 0.4) is 0 Å². The molecule has 0 saturated carbocycles. The lowest BCUT2D eigenvalue weighted by Crippen LogP contribution is -2.53. The van der Waals surface area contributed by atoms with Gasteiger partial charge in [0.1, 0.15) is 25.3 Å². The fraction of sp³-hybridized carbons (Fsp3) is 0.500. The van der Waals surface area contributed by atoms with Crippen molar-refractivity contribution in [3.05, 3.63) is 59.2 Å². The summed E-state index contributed by atoms with van der Waals surface area (Å²) in [6.07, 6.45) is 0.932. The zero-order valence-electron chi connectivity index (χ0n) is 24.4. The first-order chi connectivity index (χ1) is 19.4. The molecule has 0 unspecified atom stereocenters. The van der Waals surface area contributed by atoms with Gasteiger partial charge in [-0.05, 0) is 60.1 Å². The highest BCUT2D eigenvalue weighted by Crippen LogP contribution is 2.35. The van der Waals surface area contributed by atoms with E-state index in [0.717, 1.165) is 5.56 Å². The van der Waals surface area contributed by atoms with Crippen LogP contribution in [0.5, 0.6) is 11.5 Å². The molecule has 3 amide bonds. The molecular formula is C32H39N3O6. The summed E-state index contributed by atoms with van der Waals surface area (Å²) in [4.78, 5) is 56.9. The maximum absolute atomic E-state index is 13.9. The van der Waals surface area contributed by atoms with E-state index >= 15 is 0 Å².